The van der Waals surface area contributed by atoms with Crippen LogP contribution in [0.3, 0.4) is 0 Å². The third kappa shape index (κ3) is 3.05. The zero-order chi connectivity index (χ0) is 12.3. The monoisotopic (exact) mass is 265 g/mol. The van der Waals surface area contributed by atoms with Gasteiger partial charge in [0.05, 0.1) is 11.9 Å². The van der Waals surface area contributed by atoms with E-state index in [-0.39, 0.29) is 0 Å². The number of rotatable bonds is 3. The number of hydrogen-bond acceptors (Lipinski definition) is 4. The molecule has 0 saturated carbocycles. The highest BCUT2D eigenvalue weighted by Gasteiger charge is 2.01. The lowest BCUT2D eigenvalue weighted by Crippen LogP contribution is -1.90. The summed E-state index contributed by atoms with van der Waals surface area (Å²) in [5, 5.41) is 5.60. The van der Waals surface area contributed by atoms with Gasteiger partial charge in [0.2, 0.25) is 5.13 Å². The SMILES string of the molecule is Cc1nc(N/N=C/c2ccccc2Cl)sc1C. The van der Waals surface area contributed by atoms with Gasteiger partial charge in [0.1, 0.15) is 0 Å². The Morgan fingerprint density at radius 3 is 2.76 bits per heavy atom. The number of halogens is 1. The summed E-state index contributed by atoms with van der Waals surface area (Å²) in [5.41, 5.74) is 4.81. The first-order valence-electron chi connectivity index (χ1n) is 5.14. The molecule has 1 aromatic carbocycles. The van der Waals surface area contributed by atoms with E-state index >= 15 is 0 Å². The molecule has 0 unspecified atom stereocenters. The number of nitrogens with one attached hydrogen (secondary N) is 1. The fourth-order valence-corrected chi connectivity index (χ4v) is 2.21. The maximum absolute atomic E-state index is 6.00. The normalized spacial score (nSPS) is 11.0. The quantitative estimate of drug-likeness (QED) is 0.676. The van der Waals surface area contributed by atoms with Gasteiger partial charge in [-0.1, -0.05) is 29.8 Å². The van der Waals surface area contributed by atoms with E-state index in [1.807, 2.05) is 38.1 Å². The molecule has 0 bridgehead atoms. The topological polar surface area (TPSA) is 37.3 Å². The van der Waals surface area contributed by atoms with Crippen LogP contribution in [-0.4, -0.2) is 11.2 Å². The predicted octanol–water partition coefficient (Wildman–Crippen LogP) is 3.86. The van der Waals surface area contributed by atoms with Crippen LogP contribution in [0.15, 0.2) is 29.4 Å². The number of thiazole rings is 1. The van der Waals surface area contributed by atoms with Crippen molar-refractivity contribution < 1.29 is 0 Å². The minimum Gasteiger partial charge on any atom is -0.253 e. The molecule has 0 aliphatic heterocycles. The van der Waals surface area contributed by atoms with Gasteiger partial charge in [-0.2, -0.15) is 5.10 Å². The highest BCUT2D eigenvalue weighted by Crippen LogP contribution is 2.21. The number of hydrazone groups is 1. The van der Waals surface area contributed by atoms with Crippen LogP contribution in [0.4, 0.5) is 5.13 Å². The molecule has 0 spiro atoms. The average molecular weight is 266 g/mol. The molecule has 0 fully saturated rings. The van der Waals surface area contributed by atoms with Crippen molar-refractivity contribution in [2.75, 3.05) is 5.43 Å². The number of aryl methyl sites for hydroxylation is 2. The van der Waals surface area contributed by atoms with Crippen LogP contribution in [0.2, 0.25) is 5.02 Å². The molecular formula is C12H12ClN3S. The number of anilines is 1. The largest absolute Gasteiger partial charge is 0.253 e. The molecule has 0 saturated heterocycles. The Hall–Kier alpha value is -1.39. The number of benzene rings is 1. The first-order valence-corrected chi connectivity index (χ1v) is 6.34. The van der Waals surface area contributed by atoms with Crippen molar-refractivity contribution in [3.8, 4) is 0 Å². The molecule has 1 heterocycles. The lowest BCUT2D eigenvalue weighted by atomic mass is 10.2. The fraction of sp³-hybridized carbons (Fsp3) is 0.167. The minimum atomic E-state index is 0.685. The molecule has 2 aromatic rings. The third-order valence-corrected chi connectivity index (χ3v) is 3.62. The Kier molecular flexibility index (Phi) is 3.76. The highest BCUT2D eigenvalue weighted by molar-refractivity contribution is 7.15. The first kappa shape index (κ1) is 12.1. The Morgan fingerprint density at radius 2 is 2.12 bits per heavy atom. The van der Waals surface area contributed by atoms with E-state index in [0.717, 1.165) is 16.4 Å². The minimum absolute atomic E-state index is 0.685. The van der Waals surface area contributed by atoms with Crippen molar-refractivity contribution in [3.05, 3.63) is 45.4 Å². The summed E-state index contributed by atoms with van der Waals surface area (Å²) in [6, 6.07) is 7.55. The zero-order valence-electron chi connectivity index (χ0n) is 9.57. The second-order valence-electron chi connectivity index (χ2n) is 3.55. The number of nitrogens with zero attached hydrogens (tertiary/aromatic N) is 2. The van der Waals surface area contributed by atoms with Gasteiger partial charge in [0, 0.05) is 15.5 Å². The molecule has 2 rings (SSSR count). The Morgan fingerprint density at radius 1 is 1.35 bits per heavy atom. The third-order valence-electron chi connectivity index (χ3n) is 2.30. The lowest BCUT2D eigenvalue weighted by molar-refractivity contribution is 1.20. The second-order valence-corrected chi connectivity index (χ2v) is 5.16. The summed E-state index contributed by atoms with van der Waals surface area (Å²) in [7, 11) is 0. The van der Waals surface area contributed by atoms with Crippen LogP contribution in [0.1, 0.15) is 16.1 Å². The van der Waals surface area contributed by atoms with Gasteiger partial charge in [0.25, 0.3) is 0 Å². The Labute approximate surface area is 109 Å². The second kappa shape index (κ2) is 5.29. The standard InChI is InChI=1S/C12H12ClN3S/c1-8-9(2)17-12(15-8)16-14-7-10-5-3-4-6-11(10)13/h3-7H,1-2H3,(H,15,16)/b14-7+. The van der Waals surface area contributed by atoms with Crippen LogP contribution in [-0.2, 0) is 0 Å². The van der Waals surface area contributed by atoms with Crippen molar-refractivity contribution in [2.45, 2.75) is 13.8 Å². The molecule has 0 atom stereocenters. The number of aromatic nitrogens is 1. The Balaban J connectivity index is 2.05. The van der Waals surface area contributed by atoms with E-state index in [2.05, 4.69) is 15.5 Å². The van der Waals surface area contributed by atoms with Crippen LogP contribution >= 0.6 is 22.9 Å². The van der Waals surface area contributed by atoms with Crippen molar-refractivity contribution in [2.24, 2.45) is 5.10 Å². The van der Waals surface area contributed by atoms with E-state index in [4.69, 9.17) is 11.6 Å². The molecule has 1 aromatic heterocycles. The van der Waals surface area contributed by atoms with Gasteiger partial charge in [-0.25, -0.2) is 4.98 Å². The number of hydrogen-bond donors (Lipinski definition) is 1. The smallest absolute Gasteiger partial charge is 0.203 e. The highest BCUT2D eigenvalue weighted by atomic mass is 35.5. The molecule has 17 heavy (non-hydrogen) atoms. The molecule has 88 valence electrons. The summed E-state index contributed by atoms with van der Waals surface area (Å²) in [5.74, 6) is 0. The molecule has 1 N–H and O–H groups in total. The van der Waals surface area contributed by atoms with Crippen molar-refractivity contribution in [3.63, 3.8) is 0 Å². The van der Waals surface area contributed by atoms with Crippen LogP contribution in [0, 0.1) is 13.8 Å². The van der Waals surface area contributed by atoms with E-state index in [0.29, 0.717) is 5.02 Å². The molecule has 0 aliphatic carbocycles. The summed E-state index contributed by atoms with van der Waals surface area (Å²) < 4.78 is 0. The molecule has 0 amide bonds. The maximum Gasteiger partial charge on any atom is 0.203 e. The van der Waals surface area contributed by atoms with Crippen molar-refractivity contribution in [1.29, 1.82) is 0 Å². The van der Waals surface area contributed by atoms with Crippen molar-refractivity contribution >= 4 is 34.3 Å². The summed E-state index contributed by atoms with van der Waals surface area (Å²) in [6.07, 6.45) is 1.69. The van der Waals surface area contributed by atoms with Gasteiger partial charge in [0.15, 0.2) is 0 Å². The van der Waals surface area contributed by atoms with Gasteiger partial charge in [-0.05, 0) is 19.9 Å². The molecular weight excluding hydrogens is 254 g/mol. The molecule has 0 radical (unpaired) electrons. The van der Waals surface area contributed by atoms with E-state index in [9.17, 15) is 0 Å². The average Bonchev–Trinajstić information content (AvgIpc) is 2.61. The fourth-order valence-electron chi connectivity index (χ4n) is 1.26. The van der Waals surface area contributed by atoms with E-state index in [1.54, 1.807) is 17.6 Å². The predicted molar refractivity (Wildman–Crippen MR) is 74.3 cm³/mol. The van der Waals surface area contributed by atoms with Gasteiger partial charge in [-0.15, -0.1) is 11.3 Å². The van der Waals surface area contributed by atoms with Crippen LogP contribution < -0.4 is 5.43 Å². The van der Waals surface area contributed by atoms with Gasteiger partial charge >= 0.3 is 0 Å². The zero-order valence-corrected chi connectivity index (χ0v) is 11.1. The first-order chi connectivity index (χ1) is 8.16. The van der Waals surface area contributed by atoms with E-state index < -0.39 is 0 Å². The molecule has 5 heteroatoms. The summed E-state index contributed by atoms with van der Waals surface area (Å²) in [4.78, 5) is 5.52. The van der Waals surface area contributed by atoms with Crippen LogP contribution in [0.5, 0.6) is 0 Å². The van der Waals surface area contributed by atoms with E-state index in [1.165, 1.54) is 4.88 Å². The Bertz CT molecular complexity index is 529. The lowest BCUT2D eigenvalue weighted by Gasteiger charge is -1.96. The van der Waals surface area contributed by atoms with Gasteiger partial charge < -0.3 is 0 Å². The summed E-state index contributed by atoms with van der Waals surface area (Å²) >= 11 is 7.59. The van der Waals surface area contributed by atoms with Crippen molar-refractivity contribution in [1.82, 2.24) is 4.98 Å². The molecule has 0 aliphatic rings. The molecule has 3 nitrogen and oxygen atoms in total. The van der Waals surface area contributed by atoms with Gasteiger partial charge in [-0.3, -0.25) is 5.43 Å². The summed E-state index contributed by atoms with van der Waals surface area (Å²) in [6.45, 7) is 4.02. The van der Waals surface area contributed by atoms with Crippen LogP contribution in [0.25, 0.3) is 0 Å². The maximum atomic E-state index is 6.00.